The number of rotatable bonds is 7. The Labute approximate surface area is 176 Å². The molecule has 1 aliphatic carbocycles. The summed E-state index contributed by atoms with van der Waals surface area (Å²) in [5.74, 6) is -1.28. The number of hydrogen-bond acceptors (Lipinski definition) is 5. The molecule has 0 aliphatic heterocycles. The van der Waals surface area contributed by atoms with E-state index in [1.54, 1.807) is 31.4 Å². The molecule has 160 valence electrons. The predicted octanol–water partition coefficient (Wildman–Crippen LogP) is 3.02. The summed E-state index contributed by atoms with van der Waals surface area (Å²) in [6.07, 6.45) is 2.90. The molecular formula is C23H28N2O5. The summed E-state index contributed by atoms with van der Waals surface area (Å²) in [7, 11) is 0. The SMILES string of the molecule is CCOC(=O)c1cc(C)n(CC(=O)OCC(=O)N[C@@H]2CCCc3ccccc32)c1C. The van der Waals surface area contributed by atoms with Crippen molar-refractivity contribution >= 4 is 17.8 Å². The summed E-state index contributed by atoms with van der Waals surface area (Å²) in [6.45, 7) is 5.17. The molecule has 0 spiro atoms. The van der Waals surface area contributed by atoms with Crippen LogP contribution in [0.3, 0.4) is 0 Å². The average molecular weight is 412 g/mol. The smallest absolute Gasteiger partial charge is 0.339 e. The lowest BCUT2D eigenvalue weighted by Gasteiger charge is -2.26. The molecule has 0 bridgehead atoms. The van der Waals surface area contributed by atoms with E-state index in [4.69, 9.17) is 9.47 Å². The van der Waals surface area contributed by atoms with Crippen molar-refractivity contribution in [3.63, 3.8) is 0 Å². The van der Waals surface area contributed by atoms with Gasteiger partial charge in [-0.25, -0.2) is 4.79 Å². The minimum atomic E-state index is -0.536. The first-order chi connectivity index (χ1) is 14.4. The fraction of sp³-hybridized carbons (Fsp3) is 0.435. The van der Waals surface area contributed by atoms with Crippen LogP contribution in [0.2, 0.25) is 0 Å². The molecule has 0 radical (unpaired) electrons. The van der Waals surface area contributed by atoms with Crippen LogP contribution in [-0.2, 0) is 32.0 Å². The van der Waals surface area contributed by atoms with Crippen molar-refractivity contribution in [3.05, 3.63) is 58.4 Å². The molecular weight excluding hydrogens is 384 g/mol. The van der Waals surface area contributed by atoms with Crippen molar-refractivity contribution in [3.8, 4) is 0 Å². The molecule has 1 aliphatic rings. The Morgan fingerprint density at radius 3 is 2.70 bits per heavy atom. The number of aromatic nitrogens is 1. The number of nitrogens with zero attached hydrogens (tertiary/aromatic N) is 1. The van der Waals surface area contributed by atoms with E-state index in [0.717, 1.165) is 30.5 Å². The van der Waals surface area contributed by atoms with Crippen molar-refractivity contribution in [1.29, 1.82) is 0 Å². The highest BCUT2D eigenvalue weighted by Crippen LogP contribution is 2.29. The van der Waals surface area contributed by atoms with Crippen LogP contribution in [0.4, 0.5) is 0 Å². The summed E-state index contributed by atoms with van der Waals surface area (Å²) in [4.78, 5) is 36.6. The van der Waals surface area contributed by atoms with E-state index in [0.29, 0.717) is 11.3 Å². The number of nitrogens with one attached hydrogen (secondary N) is 1. The molecule has 0 saturated carbocycles. The first-order valence-corrected chi connectivity index (χ1v) is 10.3. The number of amides is 1. The van der Waals surface area contributed by atoms with Crippen LogP contribution in [0, 0.1) is 13.8 Å². The Balaban J connectivity index is 1.54. The van der Waals surface area contributed by atoms with E-state index < -0.39 is 11.9 Å². The van der Waals surface area contributed by atoms with Crippen molar-refractivity contribution in [1.82, 2.24) is 9.88 Å². The van der Waals surface area contributed by atoms with Crippen LogP contribution in [-0.4, -0.2) is 35.6 Å². The zero-order chi connectivity index (χ0) is 21.7. The quantitative estimate of drug-likeness (QED) is 0.707. The van der Waals surface area contributed by atoms with Crippen LogP contribution in [0.5, 0.6) is 0 Å². The maximum Gasteiger partial charge on any atom is 0.339 e. The van der Waals surface area contributed by atoms with Crippen LogP contribution in [0.1, 0.15) is 58.7 Å². The molecule has 1 heterocycles. The van der Waals surface area contributed by atoms with Gasteiger partial charge < -0.3 is 19.4 Å². The fourth-order valence-corrected chi connectivity index (χ4v) is 3.92. The minimum Gasteiger partial charge on any atom is -0.462 e. The Morgan fingerprint density at radius 2 is 1.93 bits per heavy atom. The average Bonchev–Trinajstić information content (AvgIpc) is 3.01. The molecule has 7 heteroatoms. The molecule has 1 atom stereocenters. The molecule has 1 amide bonds. The van der Waals surface area contributed by atoms with Crippen molar-refractivity contribution < 1.29 is 23.9 Å². The van der Waals surface area contributed by atoms with E-state index in [2.05, 4.69) is 11.4 Å². The van der Waals surface area contributed by atoms with Gasteiger partial charge >= 0.3 is 11.9 Å². The maximum absolute atomic E-state index is 12.3. The van der Waals surface area contributed by atoms with Gasteiger partial charge in [-0.3, -0.25) is 9.59 Å². The highest BCUT2D eigenvalue weighted by atomic mass is 16.5. The number of fused-ring (bicyclic) bond motifs is 1. The minimum absolute atomic E-state index is 0.0535. The number of ether oxygens (including phenoxy) is 2. The largest absolute Gasteiger partial charge is 0.462 e. The summed E-state index contributed by atoms with van der Waals surface area (Å²) >= 11 is 0. The molecule has 0 unspecified atom stereocenters. The second-order valence-corrected chi connectivity index (χ2v) is 7.46. The zero-order valence-electron chi connectivity index (χ0n) is 17.7. The monoisotopic (exact) mass is 412 g/mol. The van der Waals surface area contributed by atoms with Gasteiger partial charge in [-0.05, 0) is 57.2 Å². The Hall–Kier alpha value is -3.09. The molecule has 3 rings (SSSR count). The number of aryl methyl sites for hydroxylation is 2. The summed E-state index contributed by atoms with van der Waals surface area (Å²) in [5.41, 5.74) is 4.19. The van der Waals surface area contributed by atoms with Crippen molar-refractivity contribution in [2.45, 2.75) is 52.6 Å². The van der Waals surface area contributed by atoms with Crippen molar-refractivity contribution in [2.75, 3.05) is 13.2 Å². The number of carbonyl (C=O) groups is 3. The van der Waals surface area contributed by atoms with Gasteiger partial charge in [-0.15, -0.1) is 0 Å². The molecule has 7 nitrogen and oxygen atoms in total. The third-order valence-corrected chi connectivity index (χ3v) is 5.43. The van der Waals surface area contributed by atoms with Crippen LogP contribution in [0.25, 0.3) is 0 Å². The summed E-state index contributed by atoms with van der Waals surface area (Å²) in [6, 6.07) is 9.72. The zero-order valence-corrected chi connectivity index (χ0v) is 17.7. The summed E-state index contributed by atoms with van der Waals surface area (Å²) < 4.78 is 11.9. The molecule has 2 aromatic rings. The lowest BCUT2D eigenvalue weighted by Crippen LogP contribution is -2.34. The topological polar surface area (TPSA) is 86.6 Å². The fourth-order valence-electron chi connectivity index (χ4n) is 3.92. The van der Waals surface area contributed by atoms with Crippen LogP contribution in [0.15, 0.2) is 30.3 Å². The third kappa shape index (κ3) is 4.90. The third-order valence-electron chi connectivity index (χ3n) is 5.43. The standard InChI is InChI=1S/C23H28N2O5/c1-4-29-23(28)19-12-15(2)25(16(19)3)13-22(27)30-14-21(26)24-20-11-7-9-17-8-5-6-10-18(17)20/h5-6,8,10,12,20H,4,7,9,11,13-14H2,1-3H3,(H,24,26)/t20-/m1/s1. The number of hydrogen-bond donors (Lipinski definition) is 1. The Morgan fingerprint density at radius 1 is 1.17 bits per heavy atom. The second-order valence-electron chi connectivity index (χ2n) is 7.46. The van der Waals surface area contributed by atoms with Gasteiger partial charge in [0.1, 0.15) is 6.54 Å². The van der Waals surface area contributed by atoms with Crippen LogP contribution >= 0.6 is 0 Å². The van der Waals surface area contributed by atoms with Crippen LogP contribution < -0.4 is 5.32 Å². The van der Waals surface area contributed by atoms with E-state index >= 15 is 0 Å². The Bertz CT molecular complexity index is 947. The van der Waals surface area contributed by atoms with E-state index in [1.165, 1.54) is 5.56 Å². The first kappa shape index (κ1) is 21.6. The molecule has 0 fully saturated rings. The van der Waals surface area contributed by atoms with E-state index in [1.807, 2.05) is 18.2 Å². The second kappa shape index (κ2) is 9.61. The lowest BCUT2D eigenvalue weighted by atomic mass is 9.88. The van der Waals surface area contributed by atoms with Gasteiger partial charge in [0.05, 0.1) is 18.2 Å². The number of benzene rings is 1. The van der Waals surface area contributed by atoms with Gasteiger partial charge in [0.15, 0.2) is 6.61 Å². The van der Waals surface area contributed by atoms with Gasteiger partial charge in [-0.2, -0.15) is 0 Å². The lowest BCUT2D eigenvalue weighted by molar-refractivity contribution is -0.149. The molecule has 30 heavy (non-hydrogen) atoms. The highest BCUT2D eigenvalue weighted by molar-refractivity contribution is 5.91. The van der Waals surface area contributed by atoms with Gasteiger partial charge in [0.25, 0.3) is 5.91 Å². The molecule has 1 aromatic heterocycles. The molecule has 1 N–H and O–H groups in total. The highest BCUT2D eigenvalue weighted by Gasteiger charge is 2.22. The van der Waals surface area contributed by atoms with Gasteiger partial charge in [0.2, 0.25) is 0 Å². The van der Waals surface area contributed by atoms with Gasteiger partial charge in [-0.1, -0.05) is 24.3 Å². The van der Waals surface area contributed by atoms with E-state index in [-0.39, 0.29) is 31.7 Å². The summed E-state index contributed by atoms with van der Waals surface area (Å²) in [5, 5.41) is 2.97. The molecule has 0 saturated heterocycles. The molecule has 1 aromatic carbocycles. The number of esters is 2. The first-order valence-electron chi connectivity index (χ1n) is 10.3. The maximum atomic E-state index is 12.3. The van der Waals surface area contributed by atoms with Crippen molar-refractivity contribution in [2.24, 2.45) is 0 Å². The van der Waals surface area contributed by atoms with E-state index in [9.17, 15) is 14.4 Å². The predicted molar refractivity (Wildman–Crippen MR) is 111 cm³/mol. The normalized spacial score (nSPS) is 15.2. The number of carbonyl (C=O) groups excluding carboxylic acids is 3. The Kier molecular flexibility index (Phi) is 6.92. The van der Waals surface area contributed by atoms with Gasteiger partial charge in [0, 0.05) is 11.4 Å².